The highest BCUT2D eigenvalue weighted by atomic mass is 16.5. The van der Waals surface area contributed by atoms with E-state index in [9.17, 15) is 4.79 Å². The smallest absolute Gasteiger partial charge is 0.413 e. The Balaban J connectivity index is 2.63. The number of ether oxygens (including phenoxy) is 1. The molecule has 0 aliphatic carbocycles. The Morgan fingerprint density at radius 1 is 1.32 bits per heavy atom. The molecule has 0 aliphatic rings. The lowest BCUT2D eigenvalue weighted by Gasteiger charge is -2.18. The van der Waals surface area contributed by atoms with E-state index in [2.05, 4.69) is 0 Å². The molecule has 5 heteroatoms. The van der Waals surface area contributed by atoms with E-state index in [1.54, 1.807) is 19.2 Å². The van der Waals surface area contributed by atoms with Gasteiger partial charge in [0, 0.05) is 18.0 Å². The largest absolute Gasteiger partial charge is 0.452 e. The second kappa shape index (κ2) is 4.97. The molecular formula is C14H15N3O2. The molecule has 1 amide bonds. The number of nitrogen functional groups attached to an aromatic ring is 1. The van der Waals surface area contributed by atoms with Gasteiger partial charge in [-0.25, -0.2) is 4.79 Å². The molecule has 5 nitrogen and oxygen atoms in total. The average molecular weight is 257 g/mol. The zero-order valence-corrected chi connectivity index (χ0v) is 10.8. The fraction of sp³-hybridized carbons (Fsp3) is 0.143. The molecule has 2 aromatic carbocycles. The molecule has 0 aliphatic heterocycles. The van der Waals surface area contributed by atoms with Crippen molar-refractivity contribution in [3.63, 3.8) is 0 Å². The highest BCUT2D eigenvalue weighted by Gasteiger charge is 2.14. The van der Waals surface area contributed by atoms with Crippen LogP contribution in [0.25, 0.3) is 10.8 Å². The van der Waals surface area contributed by atoms with Gasteiger partial charge in [-0.3, -0.25) is 10.3 Å². The Hall–Kier alpha value is -2.56. The molecule has 0 saturated carbocycles. The van der Waals surface area contributed by atoms with Gasteiger partial charge in [0.2, 0.25) is 0 Å². The van der Waals surface area contributed by atoms with Gasteiger partial charge in [0.05, 0.1) is 12.8 Å². The van der Waals surface area contributed by atoms with E-state index >= 15 is 0 Å². The molecule has 0 atom stereocenters. The molecule has 0 saturated heterocycles. The molecule has 19 heavy (non-hydrogen) atoms. The predicted molar refractivity (Wildman–Crippen MR) is 75.8 cm³/mol. The van der Waals surface area contributed by atoms with Gasteiger partial charge in [-0.05, 0) is 17.5 Å². The van der Waals surface area contributed by atoms with Crippen LogP contribution in [0.5, 0.6) is 0 Å². The number of amidine groups is 1. The molecule has 2 aromatic rings. The lowest BCUT2D eigenvalue weighted by molar-refractivity contribution is 0.180. The van der Waals surface area contributed by atoms with Crippen LogP contribution in [0.1, 0.15) is 5.56 Å². The number of nitrogens with two attached hydrogens (primary N) is 1. The Morgan fingerprint density at radius 2 is 2.05 bits per heavy atom. The number of nitrogens with zero attached hydrogens (tertiary/aromatic N) is 1. The van der Waals surface area contributed by atoms with E-state index in [-0.39, 0.29) is 5.84 Å². The van der Waals surface area contributed by atoms with Gasteiger partial charge < -0.3 is 10.5 Å². The van der Waals surface area contributed by atoms with Gasteiger partial charge in [0.1, 0.15) is 5.84 Å². The van der Waals surface area contributed by atoms with Crippen LogP contribution in [0, 0.1) is 5.41 Å². The molecule has 0 spiro atoms. The summed E-state index contributed by atoms with van der Waals surface area (Å²) in [6.45, 7) is 0. The summed E-state index contributed by atoms with van der Waals surface area (Å²) in [6, 6.07) is 11.1. The van der Waals surface area contributed by atoms with Gasteiger partial charge >= 0.3 is 6.09 Å². The minimum Gasteiger partial charge on any atom is -0.452 e. The first-order valence-electron chi connectivity index (χ1n) is 5.73. The molecule has 0 unspecified atom stereocenters. The van der Waals surface area contributed by atoms with Crippen LogP contribution >= 0.6 is 0 Å². The Kier molecular flexibility index (Phi) is 3.37. The van der Waals surface area contributed by atoms with Crippen molar-refractivity contribution in [2.45, 2.75) is 0 Å². The molecule has 0 heterocycles. The summed E-state index contributed by atoms with van der Waals surface area (Å²) >= 11 is 0. The molecule has 0 aromatic heterocycles. The number of fused-ring (bicyclic) bond motifs is 1. The SMILES string of the molecule is COC(=O)N(C)c1cccc2ccc(C(=N)N)cc12. The first-order valence-corrected chi connectivity index (χ1v) is 5.73. The molecule has 2 rings (SSSR count). The summed E-state index contributed by atoms with van der Waals surface area (Å²) in [6.07, 6.45) is -0.444. The number of amides is 1. The maximum absolute atomic E-state index is 11.6. The van der Waals surface area contributed by atoms with Crippen molar-refractivity contribution in [1.29, 1.82) is 5.41 Å². The van der Waals surface area contributed by atoms with Crippen molar-refractivity contribution in [2.75, 3.05) is 19.1 Å². The van der Waals surface area contributed by atoms with Crippen LogP contribution < -0.4 is 10.6 Å². The lowest BCUT2D eigenvalue weighted by Crippen LogP contribution is -2.26. The van der Waals surface area contributed by atoms with E-state index < -0.39 is 6.09 Å². The fourth-order valence-electron chi connectivity index (χ4n) is 1.95. The normalized spacial score (nSPS) is 10.2. The first kappa shape index (κ1) is 12.9. The molecule has 0 radical (unpaired) electrons. The zero-order valence-electron chi connectivity index (χ0n) is 10.8. The van der Waals surface area contributed by atoms with Crippen LogP contribution in [-0.2, 0) is 4.74 Å². The molecule has 98 valence electrons. The highest BCUT2D eigenvalue weighted by Crippen LogP contribution is 2.27. The third-order valence-corrected chi connectivity index (χ3v) is 2.98. The molecular weight excluding hydrogens is 242 g/mol. The monoisotopic (exact) mass is 257 g/mol. The number of hydrogen-bond donors (Lipinski definition) is 2. The van der Waals surface area contributed by atoms with Gasteiger partial charge in [-0.1, -0.05) is 24.3 Å². The van der Waals surface area contributed by atoms with Crippen LogP contribution in [0.2, 0.25) is 0 Å². The minimum atomic E-state index is -0.444. The Labute approximate surface area is 111 Å². The van der Waals surface area contributed by atoms with Gasteiger partial charge in [-0.15, -0.1) is 0 Å². The number of rotatable bonds is 2. The summed E-state index contributed by atoms with van der Waals surface area (Å²) in [7, 11) is 2.98. The summed E-state index contributed by atoms with van der Waals surface area (Å²) in [4.78, 5) is 13.0. The fourth-order valence-corrected chi connectivity index (χ4v) is 1.95. The minimum absolute atomic E-state index is 0.00239. The number of nitrogens with one attached hydrogen (secondary N) is 1. The summed E-state index contributed by atoms with van der Waals surface area (Å²) in [5, 5.41) is 9.30. The van der Waals surface area contributed by atoms with Crippen molar-refractivity contribution in [2.24, 2.45) is 5.73 Å². The van der Waals surface area contributed by atoms with Crippen molar-refractivity contribution in [3.8, 4) is 0 Å². The van der Waals surface area contributed by atoms with Crippen molar-refractivity contribution < 1.29 is 9.53 Å². The number of carbonyl (C=O) groups is 1. The quantitative estimate of drug-likeness (QED) is 0.640. The van der Waals surface area contributed by atoms with E-state index in [0.29, 0.717) is 11.3 Å². The summed E-state index contributed by atoms with van der Waals surface area (Å²) in [5.41, 5.74) is 6.83. The zero-order chi connectivity index (χ0) is 14.0. The number of hydrogen-bond acceptors (Lipinski definition) is 3. The topological polar surface area (TPSA) is 79.4 Å². The van der Waals surface area contributed by atoms with Crippen LogP contribution in [-0.4, -0.2) is 26.1 Å². The molecule has 3 N–H and O–H groups in total. The third kappa shape index (κ3) is 2.35. The van der Waals surface area contributed by atoms with Gasteiger partial charge in [0.15, 0.2) is 0 Å². The van der Waals surface area contributed by atoms with E-state index in [1.807, 2.05) is 24.3 Å². The number of anilines is 1. The number of methoxy groups -OCH3 is 1. The molecule has 0 fully saturated rings. The standard InChI is InChI=1S/C14H15N3O2/c1-17(14(18)19-2)12-5-3-4-9-6-7-10(13(15)16)8-11(9)12/h3-8H,1-2H3,(H3,15,16). The van der Waals surface area contributed by atoms with Crippen molar-refractivity contribution in [1.82, 2.24) is 0 Å². The highest BCUT2D eigenvalue weighted by molar-refractivity contribution is 6.05. The molecule has 0 bridgehead atoms. The lowest BCUT2D eigenvalue weighted by atomic mass is 10.0. The van der Waals surface area contributed by atoms with Crippen molar-refractivity contribution >= 4 is 28.4 Å². The van der Waals surface area contributed by atoms with Crippen LogP contribution in [0.15, 0.2) is 36.4 Å². The van der Waals surface area contributed by atoms with Gasteiger partial charge in [0.25, 0.3) is 0 Å². The maximum Gasteiger partial charge on any atom is 0.413 e. The number of benzene rings is 2. The Bertz CT molecular complexity index is 652. The van der Waals surface area contributed by atoms with Crippen LogP contribution in [0.4, 0.5) is 10.5 Å². The van der Waals surface area contributed by atoms with E-state index in [4.69, 9.17) is 15.9 Å². The third-order valence-electron chi connectivity index (χ3n) is 2.98. The van der Waals surface area contributed by atoms with Gasteiger partial charge in [-0.2, -0.15) is 0 Å². The van der Waals surface area contributed by atoms with E-state index in [1.165, 1.54) is 12.0 Å². The van der Waals surface area contributed by atoms with Crippen molar-refractivity contribution in [3.05, 3.63) is 42.0 Å². The second-order valence-corrected chi connectivity index (χ2v) is 4.16. The predicted octanol–water partition coefficient (Wildman–Crippen LogP) is 2.33. The number of carbonyl (C=O) groups excluding carboxylic acids is 1. The maximum atomic E-state index is 11.6. The van der Waals surface area contributed by atoms with Crippen LogP contribution in [0.3, 0.4) is 0 Å². The average Bonchev–Trinajstić information content (AvgIpc) is 2.44. The first-order chi connectivity index (χ1) is 9.04. The summed E-state index contributed by atoms with van der Waals surface area (Å²) in [5.74, 6) is -0.00239. The van der Waals surface area contributed by atoms with E-state index in [0.717, 1.165) is 10.8 Å². The Morgan fingerprint density at radius 3 is 2.68 bits per heavy atom. The second-order valence-electron chi connectivity index (χ2n) is 4.16. The summed E-state index contributed by atoms with van der Waals surface area (Å²) < 4.78 is 4.71.